The van der Waals surface area contributed by atoms with E-state index in [1.807, 2.05) is 12.1 Å². The highest BCUT2D eigenvalue weighted by molar-refractivity contribution is 6.30. The first-order chi connectivity index (χ1) is 9.69. The number of carbonyl (C=O) groups excluding carboxylic acids is 1. The van der Waals surface area contributed by atoms with Crippen LogP contribution in [0.4, 0.5) is 5.69 Å². The van der Waals surface area contributed by atoms with Crippen LogP contribution in [0.25, 0.3) is 0 Å². The fourth-order valence-corrected chi connectivity index (χ4v) is 1.94. The number of hydrogen-bond donors (Lipinski definition) is 1. The molecule has 100 valence electrons. The van der Waals surface area contributed by atoms with Gasteiger partial charge in [-0.25, -0.2) is 0 Å². The zero-order valence-corrected chi connectivity index (χ0v) is 11.3. The van der Waals surface area contributed by atoms with Gasteiger partial charge in [-0.3, -0.25) is 9.78 Å². The first-order valence-corrected chi connectivity index (χ1v) is 6.42. The Balaban J connectivity index is 2.05. The third-order valence-corrected chi connectivity index (χ3v) is 2.96. The second-order valence-corrected chi connectivity index (χ2v) is 4.68. The molecule has 0 saturated heterocycles. The lowest BCUT2D eigenvalue weighted by Gasteiger charge is -2.10. The van der Waals surface area contributed by atoms with Crippen LogP contribution in [0.5, 0.6) is 0 Å². The summed E-state index contributed by atoms with van der Waals surface area (Å²) in [5, 5.41) is 12.4. The van der Waals surface area contributed by atoms with Crippen LogP contribution in [0.3, 0.4) is 0 Å². The minimum absolute atomic E-state index is 0.330. The number of amides is 1. The zero-order valence-electron chi connectivity index (χ0n) is 10.6. The highest BCUT2D eigenvalue weighted by Crippen LogP contribution is 2.16. The van der Waals surface area contributed by atoms with Crippen molar-refractivity contribution in [1.82, 2.24) is 4.98 Å². The fraction of sp³-hybridized carbons (Fsp3) is 0.133. The molecule has 1 atom stereocenters. The second kappa shape index (κ2) is 6.69. The molecule has 0 aliphatic heterocycles. The van der Waals surface area contributed by atoms with Crippen LogP contribution >= 0.6 is 11.6 Å². The van der Waals surface area contributed by atoms with E-state index < -0.39 is 5.92 Å². The summed E-state index contributed by atoms with van der Waals surface area (Å²) in [6.45, 7) is 0. The van der Waals surface area contributed by atoms with Crippen LogP contribution in [-0.2, 0) is 11.2 Å². The Bertz CT molecular complexity index is 637. The van der Waals surface area contributed by atoms with Crippen LogP contribution in [0.2, 0.25) is 5.02 Å². The van der Waals surface area contributed by atoms with Crippen LogP contribution in [0.1, 0.15) is 5.56 Å². The molecule has 0 aliphatic rings. The van der Waals surface area contributed by atoms with E-state index in [0.29, 0.717) is 17.1 Å². The molecular weight excluding hydrogens is 274 g/mol. The number of benzene rings is 1. The third-order valence-electron chi connectivity index (χ3n) is 2.73. The van der Waals surface area contributed by atoms with Crippen molar-refractivity contribution >= 4 is 23.2 Å². The van der Waals surface area contributed by atoms with Crippen molar-refractivity contribution in [3.63, 3.8) is 0 Å². The molecular formula is C15H12ClN3O. The molecule has 1 aromatic carbocycles. The minimum atomic E-state index is -0.766. The molecule has 1 amide bonds. The lowest BCUT2D eigenvalue weighted by molar-refractivity contribution is -0.118. The summed E-state index contributed by atoms with van der Waals surface area (Å²) in [4.78, 5) is 16.0. The molecule has 0 fully saturated rings. The number of hydrogen-bond acceptors (Lipinski definition) is 3. The molecule has 4 nitrogen and oxygen atoms in total. The summed E-state index contributed by atoms with van der Waals surface area (Å²) in [6, 6.07) is 12.4. The van der Waals surface area contributed by atoms with Crippen LogP contribution in [0.15, 0.2) is 48.8 Å². The number of halogens is 1. The van der Waals surface area contributed by atoms with Crippen molar-refractivity contribution in [1.29, 1.82) is 5.26 Å². The first-order valence-electron chi connectivity index (χ1n) is 6.04. The van der Waals surface area contributed by atoms with Gasteiger partial charge in [0, 0.05) is 23.1 Å². The van der Waals surface area contributed by atoms with Gasteiger partial charge in [-0.2, -0.15) is 5.26 Å². The van der Waals surface area contributed by atoms with E-state index >= 15 is 0 Å². The highest BCUT2D eigenvalue weighted by atomic mass is 35.5. The first kappa shape index (κ1) is 14.0. The van der Waals surface area contributed by atoms with Crippen molar-refractivity contribution in [3.8, 4) is 6.07 Å². The lowest BCUT2D eigenvalue weighted by atomic mass is 10.0. The summed E-state index contributed by atoms with van der Waals surface area (Å²) in [5.41, 5.74) is 1.43. The Morgan fingerprint density at radius 2 is 2.25 bits per heavy atom. The van der Waals surface area contributed by atoms with Gasteiger partial charge in [-0.05, 0) is 36.2 Å². The van der Waals surface area contributed by atoms with Gasteiger partial charge in [0.25, 0.3) is 0 Å². The van der Waals surface area contributed by atoms with Crippen molar-refractivity contribution in [2.45, 2.75) is 6.42 Å². The van der Waals surface area contributed by atoms with Crippen molar-refractivity contribution in [2.75, 3.05) is 5.32 Å². The number of nitriles is 1. The molecule has 2 aromatic rings. The summed E-state index contributed by atoms with van der Waals surface area (Å²) >= 11 is 5.85. The SMILES string of the molecule is N#CC(Cc1cccnc1)C(=O)Nc1cccc(Cl)c1. The number of nitrogens with zero attached hydrogens (tertiary/aromatic N) is 2. The van der Waals surface area contributed by atoms with Gasteiger partial charge < -0.3 is 5.32 Å². The van der Waals surface area contributed by atoms with E-state index in [2.05, 4.69) is 10.3 Å². The molecule has 1 N–H and O–H groups in total. The van der Waals surface area contributed by atoms with Crippen molar-refractivity contribution in [2.24, 2.45) is 5.92 Å². The second-order valence-electron chi connectivity index (χ2n) is 4.25. The summed E-state index contributed by atoms with van der Waals surface area (Å²) < 4.78 is 0. The number of pyridine rings is 1. The molecule has 1 heterocycles. The van der Waals surface area contributed by atoms with Gasteiger partial charge >= 0.3 is 0 Å². The van der Waals surface area contributed by atoms with E-state index in [1.54, 1.807) is 42.7 Å². The van der Waals surface area contributed by atoms with E-state index in [9.17, 15) is 4.79 Å². The molecule has 0 saturated carbocycles. The molecule has 0 bridgehead atoms. The normalized spacial score (nSPS) is 11.4. The molecule has 1 aromatic heterocycles. The Morgan fingerprint density at radius 1 is 1.40 bits per heavy atom. The quantitative estimate of drug-likeness (QED) is 0.939. The number of anilines is 1. The maximum absolute atomic E-state index is 12.1. The third kappa shape index (κ3) is 3.81. The molecule has 0 spiro atoms. The van der Waals surface area contributed by atoms with E-state index in [4.69, 9.17) is 16.9 Å². The molecule has 2 rings (SSSR count). The smallest absolute Gasteiger partial charge is 0.242 e. The summed E-state index contributed by atoms with van der Waals surface area (Å²) in [7, 11) is 0. The molecule has 1 unspecified atom stereocenters. The highest BCUT2D eigenvalue weighted by Gasteiger charge is 2.18. The van der Waals surface area contributed by atoms with Gasteiger partial charge in [0.05, 0.1) is 6.07 Å². The van der Waals surface area contributed by atoms with Crippen LogP contribution in [-0.4, -0.2) is 10.9 Å². The standard InChI is InChI=1S/C15H12ClN3O/c16-13-4-1-5-14(8-13)19-15(20)12(9-17)7-11-3-2-6-18-10-11/h1-6,8,10,12H,7H2,(H,19,20). The Hall–Kier alpha value is -2.38. The van der Waals surface area contributed by atoms with Gasteiger partial charge in [0.2, 0.25) is 5.91 Å². The maximum atomic E-state index is 12.1. The lowest BCUT2D eigenvalue weighted by Crippen LogP contribution is -2.23. The Kier molecular flexibility index (Phi) is 4.70. The van der Waals surface area contributed by atoms with Crippen molar-refractivity contribution in [3.05, 3.63) is 59.4 Å². The van der Waals surface area contributed by atoms with Crippen molar-refractivity contribution < 1.29 is 4.79 Å². The number of nitrogens with one attached hydrogen (secondary N) is 1. The predicted molar refractivity (Wildman–Crippen MR) is 77.1 cm³/mol. The molecule has 0 radical (unpaired) electrons. The number of carbonyl (C=O) groups is 1. The zero-order chi connectivity index (χ0) is 14.4. The Morgan fingerprint density at radius 3 is 2.90 bits per heavy atom. The van der Waals surface area contributed by atoms with Gasteiger partial charge in [0.15, 0.2) is 0 Å². The van der Waals surface area contributed by atoms with Gasteiger partial charge in [-0.15, -0.1) is 0 Å². The Labute approximate surface area is 122 Å². The average Bonchev–Trinajstić information content (AvgIpc) is 2.45. The largest absolute Gasteiger partial charge is 0.325 e. The minimum Gasteiger partial charge on any atom is -0.325 e. The summed E-state index contributed by atoms with van der Waals surface area (Å²) in [6.07, 6.45) is 3.63. The van der Waals surface area contributed by atoms with E-state index in [0.717, 1.165) is 5.56 Å². The number of aromatic nitrogens is 1. The van der Waals surface area contributed by atoms with E-state index in [-0.39, 0.29) is 5.91 Å². The fourth-order valence-electron chi connectivity index (χ4n) is 1.75. The van der Waals surface area contributed by atoms with Gasteiger partial charge in [-0.1, -0.05) is 23.7 Å². The maximum Gasteiger partial charge on any atom is 0.242 e. The average molecular weight is 286 g/mol. The topological polar surface area (TPSA) is 65.8 Å². The van der Waals surface area contributed by atoms with Gasteiger partial charge in [0.1, 0.15) is 5.92 Å². The molecule has 5 heteroatoms. The summed E-state index contributed by atoms with van der Waals surface area (Å²) in [5.74, 6) is -1.11. The molecule has 20 heavy (non-hydrogen) atoms. The van der Waals surface area contributed by atoms with Crippen LogP contribution < -0.4 is 5.32 Å². The monoisotopic (exact) mass is 285 g/mol. The van der Waals surface area contributed by atoms with Crippen LogP contribution in [0, 0.1) is 17.2 Å². The predicted octanol–water partition coefficient (Wildman–Crippen LogP) is 3.06. The molecule has 0 aliphatic carbocycles. The number of rotatable bonds is 4. The van der Waals surface area contributed by atoms with E-state index in [1.165, 1.54) is 0 Å².